The number of fused-ring (bicyclic) bond motifs is 3. The molecule has 2 aromatic rings. The molecule has 0 bridgehead atoms. The molecule has 188 valence electrons. The molecule has 0 fully saturated rings. The van der Waals surface area contributed by atoms with Gasteiger partial charge in [0.2, 0.25) is 5.91 Å². The number of carbonyl (C=O) groups is 3. The van der Waals surface area contributed by atoms with E-state index in [4.69, 9.17) is 4.74 Å². The van der Waals surface area contributed by atoms with Crippen molar-refractivity contribution in [2.24, 2.45) is 11.3 Å². The molecule has 0 radical (unpaired) electrons. The van der Waals surface area contributed by atoms with E-state index in [0.29, 0.717) is 12.8 Å². The average molecular weight is 481 g/mol. The van der Waals surface area contributed by atoms with Crippen LogP contribution in [0.2, 0.25) is 0 Å². The number of rotatable bonds is 10. The summed E-state index contributed by atoms with van der Waals surface area (Å²) in [4.78, 5) is 36.1. The van der Waals surface area contributed by atoms with Crippen LogP contribution in [-0.4, -0.2) is 42.3 Å². The summed E-state index contributed by atoms with van der Waals surface area (Å²) in [5, 5.41) is 14.9. The maximum Gasteiger partial charge on any atom is 0.407 e. The fourth-order valence-corrected chi connectivity index (χ4v) is 4.57. The van der Waals surface area contributed by atoms with Gasteiger partial charge < -0.3 is 20.5 Å². The molecule has 0 saturated carbocycles. The van der Waals surface area contributed by atoms with Gasteiger partial charge in [0, 0.05) is 24.9 Å². The predicted molar refractivity (Wildman–Crippen MR) is 135 cm³/mol. The molecule has 1 aliphatic carbocycles. The van der Waals surface area contributed by atoms with Gasteiger partial charge in [-0.1, -0.05) is 69.3 Å². The largest absolute Gasteiger partial charge is 0.481 e. The summed E-state index contributed by atoms with van der Waals surface area (Å²) in [5.41, 5.74) is 4.50. The molecule has 0 heterocycles. The van der Waals surface area contributed by atoms with E-state index in [9.17, 15) is 19.5 Å². The summed E-state index contributed by atoms with van der Waals surface area (Å²) >= 11 is 0. The van der Waals surface area contributed by atoms with Crippen LogP contribution in [0.1, 0.15) is 64.0 Å². The second-order valence-electron chi connectivity index (χ2n) is 10.5. The molecule has 2 atom stereocenters. The Hall–Kier alpha value is -3.35. The van der Waals surface area contributed by atoms with E-state index in [1.165, 1.54) is 11.1 Å². The Morgan fingerprint density at radius 1 is 1.00 bits per heavy atom. The lowest BCUT2D eigenvalue weighted by Crippen LogP contribution is -2.37. The summed E-state index contributed by atoms with van der Waals surface area (Å²) in [6, 6.07) is 16.1. The number of carboxylic acids is 1. The lowest BCUT2D eigenvalue weighted by molar-refractivity contribution is -0.142. The van der Waals surface area contributed by atoms with Gasteiger partial charge in [0.15, 0.2) is 0 Å². The Bertz CT molecular complexity index is 1010. The minimum Gasteiger partial charge on any atom is -0.481 e. The number of benzene rings is 2. The van der Waals surface area contributed by atoms with Gasteiger partial charge >= 0.3 is 12.1 Å². The summed E-state index contributed by atoms with van der Waals surface area (Å²) in [5.74, 6) is -1.78. The molecule has 7 heteroatoms. The lowest BCUT2D eigenvalue weighted by Gasteiger charge is -2.23. The van der Waals surface area contributed by atoms with E-state index in [0.717, 1.165) is 11.1 Å². The number of hydrogen-bond donors (Lipinski definition) is 3. The Morgan fingerprint density at radius 3 is 2.11 bits per heavy atom. The van der Waals surface area contributed by atoms with Crippen LogP contribution in [0.25, 0.3) is 11.1 Å². The number of nitrogens with one attached hydrogen (secondary N) is 2. The van der Waals surface area contributed by atoms with Gasteiger partial charge in [-0.15, -0.1) is 0 Å². The highest BCUT2D eigenvalue weighted by Gasteiger charge is 2.29. The minimum atomic E-state index is -0.912. The van der Waals surface area contributed by atoms with Gasteiger partial charge in [-0.2, -0.15) is 0 Å². The zero-order valence-electron chi connectivity index (χ0n) is 21.0. The third kappa shape index (κ3) is 7.31. The van der Waals surface area contributed by atoms with Gasteiger partial charge in [-0.25, -0.2) is 4.79 Å². The van der Waals surface area contributed by atoms with Crippen molar-refractivity contribution in [3.05, 3.63) is 59.7 Å². The highest BCUT2D eigenvalue weighted by atomic mass is 16.5. The van der Waals surface area contributed by atoms with Crippen LogP contribution in [0, 0.1) is 11.3 Å². The first-order valence-corrected chi connectivity index (χ1v) is 12.2. The van der Waals surface area contributed by atoms with E-state index in [-0.39, 0.29) is 42.9 Å². The van der Waals surface area contributed by atoms with E-state index in [1.54, 1.807) is 0 Å². The van der Waals surface area contributed by atoms with E-state index < -0.39 is 18.0 Å². The van der Waals surface area contributed by atoms with Crippen molar-refractivity contribution >= 4 is 18.0 Å². The molecule has 0 aromatic heterocycles. The lowest BCUT2D eigenvalue weighted by atomic mass is 9.84. The third-order valence-corrected chi connectivity index (χ3v) is 6.27. The molecule has 3 N–H and O–H groups in total. The van der Waals surface area contributed by atoms with E-state index in [1.807, 2.05) is 52.0 Å². The van der Waals surface area contributed by atoms with Crippen LogP contribution in [0.15, 0.2) is 48.5 Å². The SMILES string of the molecule is CC(CCC(=O)NCC(CC(C)(C)C)C(=O)O)NC(=O)OCC1c2ccccc2-c2ccccc21. The average Bonchev–Trinajstić information content (AvgIpc) is 3.12. The van der Waals surface area contributed by atoms with E-state index >= 15 is 0 Å². The molecule has 3 rings (SSSR count). The van der Waals surface area contributed by atoms with Crippen molar-refractivity contribution in [1.29, 1.82) is 0 Å². The molecule has 2 amide bonds. The van der Waals surface area contributed by atoms with Crippen LogP contribution >= 0.6 is 0 Å². The summed E-state index contributed by atoms with van der Waals surface area (Å²) in [7, 11) is 0. The first kappa shape index (κ1) is 26.3. The number of carbonyl (C=O) groups excluding carboxylic acids is 2. The zero-order valence-corrected chi connectivity index (χ0v) is 21.0. The van der Waals surface area contributed by atoms with Crippen LogP contribution in [0.5, 0.6) is 0 Å². The normalized spacial score (nSPS) is 14.4. The van der Waals surface area contributed by atoms with Crippen LogP contribution < -0.4 is 10.6 Å². The monoisotopic (exact) mass is 480 g/mol. The first-order valence-electron chi connectivity index (χ1n) is 12.2. The smallest absolute Gasteiger partial charge is 0.407 e. The van der Waals surface area contributed by atoms with Gasteiger partial charge in [0.05, 0.1) is 5.92 Å². The second-order valence-corrected chi connectivity index (χ2v) is 10.5. The van der Waals surface area contributed by atoms with E-state index in [2.05, 4.69) is 34.9 Å². The minimum absolute atomic E-state index is 0.00971. The van der Waals surface area contributed by atoms with Crippen molar-refractivity contribution < 1.29 is 24.2 Å². The fourth-order valence-electron chi connectivity index (χ4n) is 4.57. The Kier molecular flexibility index (Phi) is 8.54. The van der Waals surface area contributed by atoms with Gasteiger partial charge in [0.25, 0.3) is 0 Å². The molecule has 0 spiro atoms. The molecule has 7 nitrogen and oxygen atoms in total. The molecule has 0 aliphatic heterocycles. The third-order valence-electron chi connectivity index (χ3n) is 6.27. The topological polar surface area (TPSA) is 105 Å². The molecular weight excluding hydrogens is 444 g/mol. The van der Waals surface area contributed by atoms with Gasteiger partial charge in [0.1, 0.15) is 6.61 Å². The summed E-state index contributed by atoms with van der Waals surface area (Å²) in [6.45, 7) is 8.07. The molecule has 0 saturated heterocycles. The van der Waals surface area contributed by atoms with Crippen LogP contribution in [-0.2, 0) is 14.3 Å². The Labute approximate surface area is 207 Å². The maximum absolute atomic E-state index is 12.4. The predicted octanol–water partition coefficient (Wildman–Crippen LogP) is 4.95. The zero-order chi connectivity index (χ0) is 25.6. The standard InChI is InChI=1S/C28H36N2O5/c1-18(13-14-25(31)29-16-19(26(32)33)15-28(2,3)4)30-27(34)35-17-24-22-11-7-5-9-20(22)21-10-6-8-12-23(21)24/h5-12,18-19,24H,13-17H2,1-4H3,(H,29,31)(H,30,34)(H,32,33). The second kappa shape index (κ2) is 11.4. The molecule has 35 heavy (non-hydrogen) atoms. The number of ether oxygens (including phenoxy) is 1. The maximum atomic E-state index is 12.4. The van der Waals surface area contributed by atoms with Crippen LogP contribution in [0.4, 0.5) is 4.79 Å². The number of alkyl carbamates (subject to hydrolysis) is 1. The number of amides is 2. The number of carboxylic acid groups (broad SMARTS) is 1. The number of aliphatic carboxylic acids is 1. The summed E-state index contributed by atoms with van der Waals surface area (Å²) < 4.78 is 5.55. The van der Waals surface area contributed by atoms with Gasteiger partial charge in [-0.05, 0) is 47.4 Å². The Morgan fingerprint density at radius 2 is 1.57 bits per heavy atom. The summed E-state index contributed by atoms with van der Waals surface area (Å²) in [6.07, 6.45) is 0.568. The van der Waals surface area contributed by atoms with Crippen molar-refractivity contribution in [3.8, 4) is 11.1 Å². The molecule has 2 aromatic carbocycles. The van der Waals surface area contributed by atoms with Crippen LogP contribution in [0.3, 0.4) is 0 Å². The molecule has 2 unspecified atom stereocenters. The molecule has 1 aliphatic rings. The van der Waals surface area contributed by atoms with Crippen molar-refractivity contribution in [1.82, 2.24) is 10.6 Å². The highest BCUT2D eigenvalue weighted by Crippen LogP contribution is 2.44. The Balaban J connectivity index is 1.43. The number of hydrogen-bond acceptors (Lipinski definition) is 4. The fraction of sp³-hybridized carbons (Fsp3) is 0.464. The van der Waals surface area contributed by atoms with Crippen molar-refractivity contribution in [3.63, 3.8) is 0 Å². The van der Waals surface area contributed by atoms with Crippen molar-refractivity contribution in [2.45, 2.75) is 58.9 Å². The van der Waals surface area contributed by atoms with Crippen molar-refractivity contribution in [2.75, 3.05) is 13.2 Å². The van der Waals surface area contributed by atoms with Gasteiger partial charge in [-0.3, -0.25) is 9.59 Å². The molecular formula is C28H36N2O5. The highest BCUT2D eigenvalue weighted by molar-refractivity contribution is 5.79. The quantitative estimate of drug-likeness (QED) is 0.446. The first-order chi connectivity index (χ1) is 16.5.